The average Bonchev–Trinajstić information content (AvgIpc) is 3.37. The van der Waals surface area contributed by atoms with Crippen molar-refractivity contribution in [2.24, 2.45) is 0 Å². The summed E-state index contributed by atoms with van der Waals surface area (Å²) in [6, 6.07) is 13.1. The second-order valence-electron chi connectivity index (χ2n) is 8.37. The third-order valence-corrected chi connectivity index (χ3v) is 6.20. The fourth-order valence-corrected chi connectivity index (χ4v) is 4.39. The van der Waals surface area contributed by atoms with E-state index >= 15 is 0 Å². The molecule has 0 bridgehead atoms. The van der Waals surface area contributed by atoms with E-state index in [9.17, 15) is 13.2 Å². The van der Waals surface area contributed by atoms with Gasteiger partial charge in [-0.25, -0.2) is 19.7 Å². The van der Waals surface area contributed by atoms with Gasteiger partial charge in [-0.05, 0) is 43.2 Å². The predicted octanol–water partition coefficient (Wildman–Crippen LogP) is 5.08. The molecule has 1 unspecified atom stereocenters. The first-order valence-corrected chi connectivity index (χ1v) is 12.1. The number of piperidine rings is 1. The number of hydrogen-bond acceptors (Lipinski definition) is 8. The molecule has 0 spiro atoms. The second kappa shape index (κ2) is 11.7. The number of pyridine rings is 1. The van der Waals surface area contributed by atoms with Gasteiger partial charge in [0.2, 0.25) is 5.95 Å². The Morgan fingerprint density at radius 1 is 1.18 bits per heavy atom. The van der Waals surface area contributed by atoms with Crippen LogP contribution in [0.4, 0.5) is 24.9 Å². The van der Waals surface area contributed by atoms with Crippen molar-refractivity contribution in [2.45, 2.75) is 25.1 Å². The molecular formula is C24H19Cl2F3N8O2. The van der Waals surface area contributed by atoms with Crippen LogP contribution >= 0.6 is 23.2 Å². The number of carboxylic acid groups (broad SMARTS) is 1. The van der Waals surface area contributed by atoms with Gasteiger partial charge in [0.05, 0.1) is 16.3 Å². The van der Waals surface area contributed by atoms with Crippen molar-refractivity contribution in [3.63, 3.8) is 0 Å². The van der Waals surface area contributed by atoms with Crippen LogP contribution in [0.3, 0.4) is 0 Å². The van der Waals surface area contributed by atoms with Crippen molar-refractivity contribution >= 4 is 46.6 Å². The van der Waals surface area contributed by atoms with Crippen LogP contribution in [0.25, 0.3) is 16.9 Å². The molecule has 4 heterocycles. The van der Waals surface area contributed by atoms with Gasteiger partial charge in [0.25, 0.3) is 0 Å². The molecule has 4 aromatic rings. The highest BCUT2D eigenvalue weighted by Gasteiger charge is 2.38. The van der Waals surface area contributed by atoms with Crippen molar-refractivity contribution in [1.29, 1.82) is 5.26 Å². The quantitative estimate of drug-likeness (QED) is 0.340. The molecule has 1 atom stereocenters. The summed E-state index contributed by atoms with van der Waals surface area (Å²) in [6.45, 7) is 1.57. The number of nitriles is 1. The van der Waals surface area contributed by atoms with Gasteiger partial charge < -0.3 is 15.3 Å². The minimum atomic E-state index is -5.08. The Labute approximate surface area is 229 Å². The van der Waals surface area contributed by atoms with Crippen LogP contribution in [0.15, 0.2) is 48.9 Å². The summed E-state index contributed by atoms with van der Waals surface area (Å²) in [5.41, 5.74) is 2.73. The Morgan fingerprint density at radius 2 is 1.95 bits per heavy atom. The van der Waals surface area contributed by atoms with E-state index in [4.69, 9.17) is 43.3 Å². The minimum absolute atomic E-state index is 0.173. The summed E-state index contributed by atoms with van der Waals surface area (Å²) in [5.74, 6) is -1.30. The van der Waals surface area contributed by atoms with Crippen molar-refractivity contribution in [3.8, 4) is 17.3 Å². The molecular weight excluding hydrogens is 560 g/mol. The van der Waals surface area contributed by atoms with E-state index in [0.29, 0.717) is 32.9 Å². The highest BCUT2D eigenvalue weighted by Crippen LogP contribution is 2.31. The lowest BCUT2D eigenvalue weighted by atomic mass is 10.1. The predicted molar refractivity (Wildman–Crippen MR) is 138 cm³/mol. The minimum Gasteiger partial charge on any atom is -0.475 e. The van der Waals surface area contributed by atoms with Gasteiger partial charge in [-0.15, -0.1) is 0 Å². The molecule has 3 aromatic heterocycles. The SMILES string of the molecule is N#Cc1ccc(NC2CCCN(c3nc(-c4ccc(Cl)cc4Cl)cc4ncnn34)C2)nc1.O=C(O)C(F)(F)F. The number of carboxylic acids is 1. The fraction of sp³-hybridized carbons (Fsp3) is 0.250. The van der Waals surface area contributed by atoms with Crippen LogP contribution in [0.2, 0.25) is 10.0 Å². The molecule has 1 saturated heterocycles. The van der Waals surface area contributed by atoms with E-state index in [1.807, 2.05) is 18.2 Å². The molecule has 0 radical (unpaired) electrons. The van der Waals surface area contributed by atoms with Gasteiger partial charge >= 0.3 is 12.1 Å². The second-order valence-corrected chi connectivity index (χ2v) is 9.22. The molecule has 1 aliphatic rings. The lowest BCUT2D eigenvalue weighted by Gasteiger charge is -2.34. The van der Waals surface area contributed by atoms with E-state index in [-0.39, 0.29) is 6.04 Å². The number of halogens is 5. The standard InChI is InChI=1S/C22H18Cl2N8.C2HF3O2/c23-15-4-5-17(18(24)8-15)19-9-21-27-13-28-32(21)22(30-19)31-7-1-2-16(12-31)29-20-6-3-14(10-25)11-26-20;3-2(4,5)1(6)7/h3-6,8-9,11,13,16H,1-2,7,12H2,(H,26,29);(H,6,7). The van der Waals surface area contributed by atoms with E-state index < -0.39 is 12.1 Å². The number of anilines is 2. The number of rotatable bonds is 4. The summed E-state index contributed by atoms with van der Waals surface area (Å²) in [6.07, 6.45) is -0.00396. The molecule has 15 heteroatoms. The first kappa shape index (κ1) is 27.9. The summed E-state index contributed by atoms with van der Waals surface area (Å²) >= 11 is 12.5. The zero-order valence-corrected chi connectivity index (χ0v) is 21.4. The molecule has 0 saturated carbocycles. The molecule has 1 aliphatic heterocycles. The number of aromatic nitrogens is 5. The molecule has 5 rings (SSSR count). The lowest BCUT2D eigenvalue weighted by Crippen LogP contribution is -2.43. The zero-order valence-electron chi connectivity index (χ0n) is 19.9. The van der Waals surface area contributed by atoms with Crippen LogP contribution in [-0.4, -0.2) is 60.9 Å². The van der Waals surface area contributed by atoms with Crippen LogP contribution in [0.5, 0.6) is 0 Å². The monoisotopic (exact) mass is 578 g/mol. The van der Waals surface area contributed by atoms with Crippen LogP contribution < -0.4 is 10.2 Å². The molecule has 0 amide bonds. The highest BCUT2D eigenvalue weighted by molar-refractivity contribution is 6.36. The van der Waals surface area contributed by atoms with Crippen LogP contribution in [-0.2, 0) is 4.79 Å². The van der Waals surface area contributed by atoms with E-state index in [1.165, 1.54) is 6.33 Å². The average molecular weight is 579 g/mol. The maximum Gasteiger partial charge on any atom is 0.490 e. The fourth-order valence-electron chi connectivity index (χ4n) is 3.88. The number of benzene rings is 1. The number of hydrogen-bond donors (Lipinski definition) is 2. The first-order chi connectivity index (χ1) is 18.5. The normalized spacial score (nSPS) is 15.3. The van der Waals surface area contributed by atoms with Gasteiger partial charge in [-0.1, -0.05) is 23.2 Å². The number of alkyl halides is 3. The maximum absolute atomic E-state index is 10.6. The van der Waals surface area contributed by atoms with E-state index in [2.05, 4.69) is 31.4 Å². The van der Waals surface area contributed by atoms with Crippen LogP contribution in [0.1, 0.15) is 18.4 Å². The molecule has 39 heavy (non-hydrogen) atoms. The van der Waals surface area contributed by atoms with Gasteiger partial charge in [0.15, 0.2) is 5.65 Å². The van der Waals surface area contributed by atoms with Crippen molar-refractivity contribution < 1.29 is 23.1 Å². The molecule has 202 valence electrons. The first-order valence-electron chi connectivity index (χ1n) is 11.4. The van der Waals surface area contributed by atoms with Gasteiger partial charge in [-0.3, -0.25) is 0 Å². The van der Waals surface area contributed by atoms with Gasteiger partial charge in [-0.2, -0.15) is 28.0 Å². The Morgan fingerprint density at radius 3 is 2.59 bits per heavy atom. The third kappa shape index (κ3) is 6.84. The molecule has 2 N–H and O–H groups in total. The Hall–Kier alpha value is -4.15. The molecule has 1 aromatic carbocycles. The van der Waals surface area contributed by atoms with Gasteiger partial charge in [0, 0.05) is 42.0 Å². The smallest absolute Gasteiger partial charge is 0.475 e. The highest BCUT2D eigenvalue weighted by atomic mass is 35.5. The van der Waals surface area contributed by atoms with Gasteiger partial charge in [0.1, 0.15) is 18.2 Å². The van der Waals surface area contributed by atoms with Crippen molar-refractivity contribution in [2.75, 3.05) is 23.3 Å². The molecule has 0 aliphatic carbocycles. The summed E-state index contributed by atoms with van der Waals surface area (Å²) < 4.78 is 33.5. The number of aliphatic carboxylic acids is 1. The largest absolute Gasteiger partial charge is 0.490 e. The zero-order chi connectivity index (χ0) is 28.2. The number of fused-ring (bicyclic) bond motifs is 1. The van der Waals surface area contributed by atoms with Crippen molar-refractivity contribution in [3.05, 3.63) is 64.5 Å². The van der Waals surface area contributed by atoms with E-state index in [1.54, 1.807) is 28.9 Å². The third-order valence-electron chi connectivity index (χ3n) is 5.65. The lowest BCUT2D eigenvalue weighted by molar-refractivity contribution is -0.192. The Kier molecular flexibility index (Phi) is 8.37. The van der Waals surface area contributed by atoms with E-state index in [0.717, 1.165) is 37.3 Å². The molecule has 10 nitrogen and oxygen atoms in total. The molecule has 1 fully saturated rings. The summed E-state index contributed by atoms with van der Waals surface area (Å²) in [7, 11) is 0. The Bertz CT molecular complexity index is 1520. The summed E-state index contributed by atoms with van der Waals surface area (Å²) in [5, 5.41) is 25.0. The number of nitrogens with one attached hydrogen (secondary N) is 1. The number of carbonyl (C=O) groups is 1. The topological polar surface area (TPSA) is 132 Å². The summed E-state index contributed by atoms with van der Waals surface area (Å²) in [4.78, 5) is 24.7. The van der Waals surface area contributed by atoms with Crippen LogP contribution in [0, 0.1) is 11.3 Å². The number of nitrogens with zero attached hydrogens (tertiary/aromatic N) is 7. The van der Waals surface area contributed by atoms with Crippen molar-refractivity contribution in [1.82, 2.24) is 24.6 Å². The Balaban J connectivity index is 0.000000448. The maximum atomic E-state index is 10.6.